The molecule has 0 saturated heterocycles. The lowest BCUT2D eigenvalue weighted by Gasteiger charge is -2.09. The second-order valence-corrected chi connectivity index (χ2v) is 3.07. The van der Waals surface area contributed by atoms with E-state index in [9.17, 15) is 0 Å². The summed E-state index contributed by atoms with van der Waals surface area (Å²) in [6.07, 6.45) is 3.47. The number of hydrogen-bond donors (Lipinski definition) is 1. The van der Waals surface area contributed by atoms with Crippen molar-refractivity contribution in [3.63, 3.8) is 0 Å². The zero-order valence-electron chi connectivity index (χ0n) is 7.59. The molecule has 1 radical (unpaired) electrons. The minimum Gasteiger partial charge on any atom is -0.324 e. The molecule has 0 aliphatic heterocycles. The van der Waals surface area contributed by atoms with Gasteiger partial charge in [0.15, 0.2) is 0 Å². The Morgan fingerprint density at radius 2 is 2.33 bits per heavy atom. The van der Waals surface area contributed by atoms with Crippen LogP contribution < -0.4 is 5.73 Å². The largest absolute Gasteiger partial charge is 0.324 e. The van der Waals surface area contributed by atoms with Crippen LogP contribution in [0.4, 0.5) is 0 Å². The Morgan fingerprint density at radius 1 is 1.50 bits per heavy atom. The van der Waals surface area contributed by atoms with Gasteiger partial charge in [-0.05, 0) is 18.1 Å². The fourth-order valence-corrected chi connectivity index (χ4v) is 1.22. The summed E-state index contributed by atoms with van der Waals surface area (Å²) in [5.41, 5.74) is 7.08. The van der Waals surface area contributed by atoms with Crippen molar-refractivity contribution >= 4 is 0 Å². The van der Waals surface area contributed by atoms with Crippen LogP contribution in [0, 0.1) is 6.07 Å². The van der Waals surface area contributed by atoms with Gasteiger partial charge in [-0.25, -0.2) is 0 Å². The van der Waals surface area contributed by atoms with Crippen molar-refractivity contribution in [2.75, 3.05) is 0 Å². The summed E-state index contributed by atoms with van der Waals surface area (Å²) < 4.78 is 0. The fraction of sp³-hybridized carbons (Fsp3) is 0.455. The average Bonchev–Trinajstić information content (AvgIpc) is 2.15. The Kier molecular flexibility index (Phi) is 3.81. The molecule has 0 aromatic heterocycles. The van der Waals surface area contributed by atoms with Crippen LogP contribution in [0.15, 0.2) is 24.3 Å². The van der Waals surface area contributed by atoms with Gasteiger partial charge in [0.05, 0.1) is 0 Å². The molecule has 0 heterocycles. The van der Waals surface area contributed by atoms with E-state index in [1.54, 1.807) is 0 Å². The van der Waals surface area contributed by atoms with Crippen LogP contribution in [0.1, 0.15) is 37.8 Å². The van der Waals surface area contributed by atoms with E-state index < -0.39 is 0 Å². The van der Waals surface area contributed by atoms with Crippen LogP contribution in [0.2, 0.25) is 0 Å². The lowest BCUT2D eigenvalue weighted by atomic mass is 10.0. The third kappa shape index (κ3) is 2.67. The molecule has 1 rings (SSSR count). The highest BCUT2D eigenvalue weighted by atomic mass is 14.6. The van der Waals surface area contributed by atoms with Gasteiger partial charge in [-0.1, -0.05) is 44.0 Å². The van der Waals surface area contributed by atoms with Gasteiger partial charge in [0.1, 0.15) is 0 Å². The lowest BCUT2D eigenvalue weighted by Crippen LogP contribution is -2.09. The van der Waals surface area contributed by atoms with Gasteiger partial charge in [-0.3, -0.25) is 0 Å². The summed E-state index contributed by atoms with van der Waals surface area (Å²) in [7, 11) is 0. The second-order valence-electron chi connectivity index (χ2n) is 3.07. The van der Waals surface area contributed by atoms with Crippen LogP contribution in [0.5, 0.6) is 0 Å². The van der Waals surface area contributed by atoms with Gasteiger partial charge < -0.3 is 5.73 Å². The Balaban J connectivity index is 2.48. The summed E-state index contributed by atoms with van der Waals surface area (Å²) in [6, 6.07) is 11.3. The average molecular weight is 162 g/mol. The minimum atomic E-state index is 0.172. The minimum absolute atomic E-state index is 0.172. The zero-order chi connectivity index (χ0) is 8.81. The molecule has 1 aromatic rings. The highest BCUT2D eigenvalue weighted by Gasteiger charge is 2.03. The molecule has 1 unspecified atom stereocenters. The molecule has 0 fully saturated rings. The number of nitrogens with two attached hydrogens (primary N) is 1. The molecular weight excluding hydrogens is 146 g/mol. The summed E-state index contributed by atoms with van der Waals surface area (Å²) in [6.45, 7) is 2.18. The van der Waals surface area contributed by atoms with Crippen molar-refractivity contribution in [3.8, 4) is 0 Å². The monoisotopic (exact) mass is 162 g/mol. The Hall–Kier alpha value is -0.820. The molecule has 12 heavy (non-hydrogen) atoms. The predicted molar refractivity (Wildman–Crippen MR) is 51.7 cm³/mol. The first-order valence-corrected chi connectivity index (χ1v) is 4.56. The standard InChI is InChI=1S/C11H16N/c1-2-3-9-11(12)10-7-5-4-6-8-10/h4-7,11H,2-3,9,12H2,1H3. The molecule has 0 aliphatic rings. The predicted octanol–water partition coefficient (Wildman–Crippen LogP) is 2.68. The van der Waals surface area contributed by atoms with E-state index in [1.165, 1.54) is 12.8 Å². The van der Waals surface area contributed by atoms with E-state index in [2.05, 4.69) is 13.0 Å². The highest BCUT2D eigenvalue weighted by Crippen LogP contribution is 2.14. The second kappa shape index (κ2) is 4.94. The summed E-state index contributed by atoms with van der Waals surface area (Å²) in [4.78, 5) is 0. The summed E-state index contributed by atoms with van der Waals surface area (Å²) in [5, 5.41) is 0. The molecule has 1 heteroatoms. The molecule has 2 N–H and O–H groups in total. The van der Waals surface area contributed by atoms with Crippen LogP contribution >= 0.6 is 0 Å². The van der Waals surface area contributed by atoms with Crippen LogP contribution in [0.25, 0.3) is 0 Å². The van der Waals surface area contributed by atoms with Crippen molar-refractivity contribution in [1.82, 2.24) is 0 Å². The number of hydrogen-bond acceptors (Lipinski definition) is 1. The van der Waals surface area contributed by atoms with Gasteiger partial charge >= 0.3 is 0 Å². The van der Waals surface area contributed by atoms with E-state index in [-0.39, 0.29) is 6.04 Å². The molecule has 0 aliphatic carbocycles. The van der Waals surface area contributed by atoms with Gasteiger partial charge in [0.2, 0.25) is 0 Å². The Morgan fingerprint density at radius 3 is 2.92 bits per heavy atom. The van der Waals surface area contributed by atoms with E-state index >= 15 is 0 Å². The van der Waals surface area contributed by atoms with Crippen molar-refractivity contribution in [3.05, 3.63) is 35.9 Å². The Labute approximate surface area is 74.6 Å². The third-order valence-electron chi connectivity index (χ3n) is 2.00. The normalized spacial score (nSPS) is 12.8. The lowest BCUT2D eigenvalue weighted by molar-refractivity contribution is 0.603. The van der Waals surface area contributed by atoms with E-state index in [0.29, 0.717) is 0 Å². The fourth-order valence-electron chi connectivity index (χ4n) is 1.22. The smallest absolute Gasteiger partial charge is 0.0301 e. The van der Waals surface area contributed by atoms with E-state index in [0.717, 1.165) is 12.0 Å². The van der Waals surface area contributed by atoms with Crippen LogP contribution in [-0.2, 0) is 0 Å². The maximum atomic E-state index is 5.95. The van der Waals surface area contributed by atoms with Crippen LogP contribution in [0.3, 0.4) is 0 Å². The molecule has 0 bridgehead atoms. The molecule has 1 aromatic carbocycles. The number of unbranched alkanes of at least 4 members (excludes halogenated alkanes) is 1. The first kappa shape index (κ1) is 9.27. The van der Waals surface area contributed by atoms with Gasteiger partial charge in [-0.2, -0.15) is 0 Å². The molecule has 65 valence electrons. The maximum Gasteiger partial charge on any atom is 0.0301 e. The van der Waals surface area contributed by atoms with Crippen molar-refractivity contribution < 1.29 is 0 Å². The van der Waals surface area contributed by atoms with E-state index in [4.69, 9.17) is 5.73 Å². The maximum absolute atomic E-state index is 5.95. The van der Waals surface area contributed by atoms with Crippen LogP contribution in [-0.4, -0.2) is 0 Å². The molecule has 0 amide bonds. The molecule has 0 spiro atoms. The summed E-state index contributed by atoms with van der Waals surface area (Å²) >= 11 is 0. The zero-order valence-corrected chi connectivity index (χ0v) is 7.59. The van der Waals surface area contributed by atoms with Crippen molar-refractivity contribution in [1.29, 1.82) is 0 Å². The number of benzene rings is 1. The number of rotatable bonds is 4. The van der Waals surface area contributed by atoms with Crippen molar-refractivity contribution in [2.24, 2.45) is 5.73 Å². The summed E-state index contributed by atoms with van der Waals surface area (Å²) in [5.74, 6) is 0. The molecule has 1 atom stereocenters. The topological polar surface area (TPSA) is 26.0 Å². The van der Waals surface area contributed by atoms with Gasteiger partial charge in [-0.15, -0.1) is 0 Å². The highest BCUT2D eigenvalue weighted by molar-refractivity contribution is 5.16. The first-order valence-electron chi connectivity index (χ1n) is 4.56. The SMILES string of the molecule is CCCCC(N)c1[c]cccc1. The van der Waals surface area contributed by atoms with Gasteiger partial charge in [0.25, 0.3) is 0 Å². The van der Waals surface area contributed by atoms with Gasteiger partial charge in [0, 0.05) is 6.04 Å². The molecular formula is C11H16N. The van der Waals surface area contributed by atoms with E-state index in [1.807, 2.05) is 24.3 Å². The Bertz CT molecular complexity index is 206. The first-order chi connectivity index (χ1) is 5.84. The quantitative estimate of drug-likeness (QED) is 0.723. The third-order valence-corrected chi connectivity index (χ3v) is 2.00. The van der Waals surface area contributed by atoms with Crippen molar-refractivity contribution in [2.45, 2.75) is 32.2 Å². The molecule has 0 saturated carbocycles. The molecule has 1 nitrogen and oxygen atoms in total.